The summed E-state index contributed by atoms with van der Waals surface area (Å²) < 4.78 is 0. The molecule has 0 saturated heterocycles. The number of aromatic amines is 1. The summed E-state index contributed by atoms with van der Waals surface area (Å²) in [5, 5.41) is 3.02. The smallest absolute Gasteiger partial charge is 0.120 e. The van der Waals surface area contributed by atoms with Crippen molar-refractivity contribution in [3.05, 3.63) is 30.6 Å². The van der Waals surface area contributed by atoms with Crippen molar-refractivity contribution in [1.82, 2.24) is 25.3 Å². The maximum Gasteiger partial charge on any atom is 0.120 e. The van der Waals surface area contributed by atoms with Crippen molar-refractivity contribution in [2.45, 2.75) is 6.54 Å². The van der Waals surface area contributed by atoms with E-state index in [1.54, 1.807) is 24.8 Å². The molecule has 5 heteroatoms. The molecule has 2 N–H and O–H groups in total. The van der Waals surface area contributed by atoms with Gasteiger partial charge >= 0.3 is 0 Å². The molecule has 2 aromatic heterocycles. The number of aromatic nitrogens is 4. The van der Waals surface area contributed by atoms with Crippen LogP contribution in [0.2, 0.25) is 0 Å². The summed E-state index contributed by atoms with van der Waals surface area (Å²) in [7, 11) is 1.88. The van der Waals surface area contributed by atoms with Crippen LogP contribution in [0.3, 0.4) is 0 Å². The van der Waals surface area contributed by atoms with E-state index in [0.717, 1.165) is 23.8 Å². The van der Waals surface area contributed by atoms with Gasteiger partial charge in [-0.1, -0.05) is 0 Å². The largest absolute Gasteiger partial charge is 0.340 e. The Bertz CT molecular complexity index is 395. The van der Waals surface area contributed by atoms with E-state index in [2.05, 4.69) is 25.3 Å². The van der Waals surface area contributed by atoms with Crippen LogP contribution in [0.5, 0.6) is 0 Å². The maximum atomic E-state index is 4.20. The summed E-state index contributed by atoms with van der Waals surface area (Å²) in [4.78, 5) is 15.5. The lowest BCUT2D eigenvalue weighted by atomic mass is 10.3. The molecule has 0 spiro atoms. The third kappa shape index (κ3) is 1.77. The summed E-state index contributed by atoms with van der Waals surface area (Å²) in [6.07, 6.45) is 6.77. The van der Waals surface area contributed by atoms with Crippen molar-refractivity contribution < 1.29 is 0 Å². The van der Waals surface area contributed by atoms with Crippen molar-refractivity contribution in [2.75, 3.05) is 7.05 Å². The number of imidazole rings is 1. The molecule has 14 heavy (non-hydrogen) atoms. The molecule has 2 aromatic rings. The molecular formula is C9H11N5. The van der Waals surface area contributed by atoms with E-state index in [1.165, 1.54) is 0 Å². The highest BCUT2D eigenvalue weighted by Crippen LogP contribution is 2.11. The van der Waals surface area contributed by atoms with Crippen LogP contribution in [-0.2, 0) is 6.54 Å². The molecule has 0 aliphatic heterocycles. The Balaban J connectivity index is 2.25. The third-order valence-corrected chi connectivity index (χ3v) is 1.81. The van der Waals surface area contributed by atoms with Crippen LogP contribution in [0, 0.1) is 0 Å². The molecule has 72 valence electrons. The number of nitrogens with zero attached hydrogens (tertiary/aromatic N) is 3. The van der Waals surface area contributed by atoms with Crippen molar-refractivity contribution in [3.63, 3.8) is 0 Å². The first-order chi connectivity index (χ1) is 6.90. The summed E-state index contributed by atoms with van der Waals surface area (Å²) in [5.74, 6) is 0.896. The molecule has 2 heterocycles. The molecule has 0 radical (unpaired) electrons. The predicted octanol–water partition coefficient (Wildman–Crippen LogP) is 0.586. The average molecular weight is 189 g/mol. The molecule has 0 amide bonds. The minimum atomic E-state index is 0.722. The summed E-state index contributed by atoms with van der Waals surface area (Å²) in [6.45, 7) is 0.722. The van der Waals surface area contributed by atoms with E-state index >= 15 is 0 Å². The maximum absolute atomic E-state index is 4.20. The second-order valence-electron chi connectivity index (χ2n) is 2.86. The van der Waals surface area contributed by atoms with Gasteiger partial charge in [0.25, 0.3) is 0 Å². The highest BCUT2D eigenvalue weighted by Gasteiger charge is 2.02. The number of nitrogens with one attached hydrogen (secondary N) is 2. The predicted molar refractivity (Wildman–Crippen MR) is 52.4 cm³/mol. The highest BCUT2D eigenvalue weighted by molar-refractivity contribution is 5.51. The number of H-pyrrole nitrogens is 1. The monoisotopic (exact) mass is 189 g/mol. The van der Waals surface area contributed by atoms with E-state index < -0.39 is 0 Å². The second kappa shape index (κ2) is 3.97. The molecule has 0 bridgehead atoms. The average Bonchev–Trinajstić information content (AvgIpc) is 2.68. The minimum Gasteiger partial charge on any atom is -0.340 e. The van der Waals surface area contributed by atoms with Gasteiger partial charge in [-0.3, -0.25) is 9.97 Å². The van der Waals surface area contributed by atoms with Crippen molar-refractivity contribution in [3.8, 4) is 11.4 Å². The van der Waals surface area contributed by atoms with Crippen LogP contribution in [0.4, 0.5) is 0 Å². The van der Waals surface area contributed by atoms with Gasteiger partial charge in [0.2, 0.25) is 0 Å². The highest BCUT2D eigenvalue weighted by atomic mass is 15.0. The van der Waals surface area contributed by atoms with Crippen LogP contribution in [0.15, 0.2) is 24.8 Å². The van der Waals surface area contributed by atoms with E-state index in [4.69, 9.17) is 0 Å². The Morgan fingerprint density at radius 3 is 2.93 bits per heavy atom. The lowest BCUT2D eigenvalue weighted by Crippen LogP contribution is -2.06. The fourth-order valence-electron chi connectivity index (χ4n) is 1.19. The van der Waals surface area contributed by atoms with E-state index in [-0.39, 0.29) is 0 Å². The number of hydrogen-bond acceptors (Lipinski definition) is 4. The lowest BCUT2D eigenvalue weighted by molar-refractivity contribution is 0.772. The van der Waals surface area contributed by atoms with Crippen molar-refractivity contribution >= 4 is 0 Å². The van der Waals surface area contributed by atoms with Crippen molar-refractivity contribution in [2.24, 2.45) is 0 Å². The van der Waals surface area contributed by atoms with Gasteiger partial charge in [0.1, 0.15) is 11.5 Å². The number of rotatable bonds is 3. The zero-order valence-electron chi connectivity index (χ0n) is 7.86. The van der Waals surface area contributed by atoms with Gasteiger partial charge in [0.05, 0.1) is 24.6 Å². The normalized spacial score (nSPS) is 10.4. The molecule has 0 aromatic carbocycles. The second-order valence-corrected chi connectivity index (χ2v) is 2.86. The van der Waals surface area contributed by atoms with Gasteiger partial charge in [-0.05, 0) is 7.05 Å². The minimum absolute atomic E-state index is 0.722. The van der Waals surface area contributed by atoms with Gasteiger partial charge in [-0.25, -0.2) is 4.98 Å². The summed E-state index contributed by atoms with van der Waals surface area (Å²) >= 11 is 0. The molecule has 0 unspecified atom stereocenters. The molecule has 2 rings (SSSR count). The first-order valence-corrected chi connectivity index (χ1v) is 4.35. The molecule has 0 fully saturated rings. The van der Waals surface area contributed by atoms with E-state index in [0.29, 0.717) is 0 Å². The van der Waals surface area contributed by atoms with Crippen LogP contribution < -0.4 is 5.32 Å². The molecule has 0 saturated carbocycles. The molecular weight excluding hydrogens is 178 g/mol. The van der Waals surface area contributed by atoms with Gasteiger partial charge < -0.3 is 10.3 Å². The van der Waals surface area contributed by atoms with Gasteiger partial charge in [-0.15, -0.1) is 0 Å². The zero-order valence-corrected chi connectivity index (χ0v) is 7.86. The topological polar surface area (TPSA) is 66.5 Å². The van der Waals surface area contributed by atoms with Gasteiger partial charge in [0.15, 0.2) is 0 Å². The van der Waals surface area contributed by atoms with Gasteiger partial charge in [0, 0.05) is 12.4 Å². The number of hydrogen-bond donors (Lipinski definition) is 2. The van der Waals surface area contributed by atoms with Crippen LogP contribution in [0.25, 0.3) is 11.4 Å². The molecule has 0 aliphatic rings. The molecule has 0 aliphatic carbocycles. The fourth-order valence-corrected chi connectivity index (χ4v) is 1.19. The SMILES string of the molecule is CNCc1ncc(-c2cnccn2)[nH]1. The van der Waals surface area contributed by atoms with E-state index in [9.17, 15) is 0 Å². The third-order valence-electron chi connectivity index (χ3n) is 1.81. The first-order valence-electron chi connectivity index (χ1n) is 4.35. The fraction of sp³-hybridized carbons (Fsp3) is 0.222. The van der Waals surface area contributed by atoms with Crippen molar-refractivity contribution in [1.29, 1.82) is 0 Å². The van der Waals surface area contributed by atoms with Gasteiger partial charge in [-0.2, -0.15) is 0 Å². The first kappa shape index (κ1) is 8.83. The lowest BCUT2D eigenvalue weighted by Gasteiger charge is -1.94. The summed E-state index contributed by atoms with van der Waals surface area (Å²) in [5.41, 5.74) is 1.70. The Morgan fingerprint density at radius 2 is 2.21 bits per heavy atom. The quantitative estimate of drug-likeness (QED) is 0.741. The van der Waals surface area contributed by atoms with Crippen LogP contribution >= 0.6 is 0 Å². The molecule has 5 nitrogen and oxygen atoms in total. The van der Waals surface area contributed by atoms with Crippen LogP contribution in [-0.4, -0.2) is 27.0 Å². The van der Waals surface area contributed by atoms with E-state index in [1.807, 2.05) is 7.05 Å². The zero-order chi connectivity index (χ0) is 9.80. The Labute approximate surface area is 81.6 Å². The van der Waals surface area contributed by atoms with Crippen LogP contribution in [0.1, 0.15) is 5.82 Å². The summed E-state index contributed by atoms with van der Waals surface area (Å²) in [6, 6.07) is 0. The standard InChI is InChI=1S/C9H11N5/c1-10-6-9-13-5-8(14-9)7-4-11-2-3-12-7/h2-5,10H,6H2,1H3,(H,13,14). The Kier molecular flexibility index (Phi) is 2.51. The Hall–Kier alpha value is -1.75. The Morgan fingerprint density at radius 1 is 1.29 bits per heavy atom. The molecule has 0 atom stereocenters.